The minimum atomic E-state index is -0.770. The van der Waals surface area contributed by atoms with E-state index in [1.165, 1.54) is 109 Å². The molecule has 0 aromatic carbocycles. The number of esters is 3. The van der Waals surface area contributed by atoms with Gasteiger partial charge in [0.25, 0.3) is 0 Å². The Bertz CT molecular complexity index is 835. The van der Waals surface area contributed by atoms with E-state index in [1.807, 2.05) is 0 Å². The van der Waals surface area contributed by atoms with E-state index in [-0.39, 0.29) is 31.1 Å². The van der Waals surface area contributed by atoms with Gasteiger partial charge in [0.1, 0.15) is 13.2 Å². The molecule has 0 heterocycles. The lowest BCUT2D eigenvalue weighted by atomic mass is 10.1. The highest BCUT2D eigenvalue weighted by Gasteiger charge is 2.19. The molecule has 51 heavy (non-hydrogen) atoms. The lowest BCUT2D eigenvalue weighted by Gasteiger charge is -2.18. The van der Waals surface area contributed by atoms with Crippen LogP contribution in [0.4, 0.5) is 0 Å². The molecule has 0 aromatic heterocycles. The molecular formula is C45H82O6. The van der Waals surface area contributed by atoms with E-state index >= 15 is 0 Å². The molecule has 0 amide bonds. The first kappa shape index (κ1) is 48.9. The van der Waals surface area contributed by atoms with Crippen LogP contribution in [-0.2, 0) is 28.6 Å². The maximum atomic E-state index is 12.6. The van der Waals surface area contributed by atoms with Crippen molar-refractivity contribution >= 4 is 17.9 Å². The Morgan fingerprint density at radius 1 is 0.373 bits per heavy atom. The Labute approximate surface area is 315 Å². The number of carbonyl (C=O) groups is 3. The third-order valence-electron chi connectivity index (χ3n) is 9.43. The second-order valence-corrected chi connectivity index (χ2v) is 14.6. The van der Waals surface area contributed by atoms with Gasteiger partial charge in [-0.2, -0.15) is 0 Å². The van der Waals surface area contributed by atoms with Gasteiger partial charge in [-0.1, -0.05) is 161 Å². The van der Waals surface area contributed by atoms with E-state index in [9.17, 15) is 14.4 Å². The van der Waals surface area contributed by atoms with Crippen molar-refractivity contribution in [1.82, 2.24) is 0 Å². The molecule has 0 aliphatic rings. The normalized spacial score (nSPS) is 12.1. The highest BCUT2D eigenvalue weighted by molar-refractivity contribution is 5.71. The first-order chi connectivity index (χ1) is 25.0. The lowest BCUT2D eigenvalue weighted by molar-refractivity contribution is -0.167. The summed E-state index contributed by atoms with van der Waals surface area (Å²) in [5.74, 6) is -0.903. The summed E-state index contributed by atoms with van der Waals surface area (Å²) in [7, 11) is 0. The fourth-order valence-corrected chi connectivity index (χ4v) is 6.08. The maximum Gasteiger partial charge on any atom is 0.306 e. The molecule has 6 heteroatoms. The van der Waals surface area contributed by atoms with Gasteiger partial charge in [-0.25, -0.2) is 0 Å². The monoisotopic (exact) mass is 719 g/mol. The van der Waals surface area contributed by atoms with Crippen LogP contribution in [0.1, 0.15) is 226 Å². The number of rotatable bonds is 39. The Hall–Kier alpha value is -2.11. The Balaban J connectivity index is 4.29. The molecule has 0 aromatic rings. The smallest absolute Gasteiger partial charge is 0.306 e. The van der Waals surface area contributed by atoms with E-state index in [0.717, 1.165) is 77.0 Å². The first-order valence-corrected chi connectivity index (χ1v) is 21.8. The number of allylic oxidation sites excluding steroid dienone is 4. The summed E-state index contributed by atoms with van der Waals surface area (Å²) in [6.07, 6.45) is 43.2. The third-order valence-corrected chi connectivity index (χ3v) is 9.43. The summed E-state index contributed by atoms with van der Waals surface area (Å²) in [6, 6.07) is 0. The predicted octanol–water partition coefficient (Wildman–Crippen LogP) is 13.6. The van der Waals surface area contributed by atoms with Crippen LogP contribution in [0, 0.1) is 0 Å². The minimum Gasteiger partial charge on any atom is -0.462 e. The third kappa shape index (κ3) is 38.9. The van der Waals surface area contributed by atoms with Crippen molar-refractivity contribution in [2.75, 3.05) is 13.2 Å². The van der Waals surface area contributed by atoms with Crippen molar-refractivity contribution in [3.05, 3.63) is 24.3 Å². The zero-order valence-corrected chi connectivity index (χ0v) is 33.9. The van der Waals surface area contributed by atoms with Gasteiger partial charge in [-0.3, -0.25) is 14.4 Å². The Morgan fingerprint density at radius 3 is 1.02 bits per heavy atom. The molecule has 298 valence electrons. The van der Waals surface area contributed by atoms with Crippen LogP contribution in [0.5, 0.6) is 0 Å². The molecule has 0 saturated heterocycles. The van der Waals surface area contributed by atoms with Crippen molar-refractivity contribution in [2.24, 2.45) is 0 Å². The molecule has 0 radical (unpaired) electrons. The maximum absolute atomic E-state index is 12.6. The number of hydrogen-bond acceptors (Lipinski definition) is 6. The molecule has 0 N–H and O–H groups in total. The van der Waals surface area contributed by atoms with Gasteiger partial charge in [0.2, 0.25) is 0 Å². The Morgan fingerprint density at radius 2 is 0.647 bits per heavy atom. The van der Waals surface area contributed by atoms with E-state index in [2.05, 4.69) is 45.1 Å². The molecule has 0 saturated carbocycles. The molecule has 1 unspecified atom stereocenters. The van der Waals surface area contributed by atoms with Gasteiger partial charge in [-0.15, -0.1) is 0 Å². The average Bonchev–Trinajstić information content (AvgIpc) is 3.13. The van der Waals surface area contributed by atoms with E-state index < -0.39 is 6.10 Å². The largest absolute Gasteiger partial charge is 0.462 e. The van der Waals surface area contributed by atoms with Crippen molar-refractivity contribution in [1.29, 1.82) is 0 Å². The molecule has 1 atom stereocenters. The summed E-state index contributed by atoms with van der Waals surface area (Å²) in [6.45, 7) is 6.53. The number of carbonyl (C=O) groups excluding carboxylic acids is 3. The summed E-state index contributed by atoms with van der Waals surface area (Å²) >= 11 is 0. The fourth-order valence-electron chi connectivity index (χ4n) is 6.08. The van der Waals surface area contributed by atoms with E-state index in [1.54, 1.807) is 0 Å². The van der Waals surface area contributed by atoms with Crippen molar-refractivity contribution in [2.45, 2.75) is 232 Å². The zero-order chi connectivity index (χ0) is 37.3. The second kappa shape index (κ2) is 40.7. The predicted molar refractivity (Wildman–Crippen MR) is 215 cm³/mol. The first-order valence-electron chi connectivity index (χ1n) is 21.8. The van der Waals surface area contributed by atoms with Gasteiger partial charge in [0.05, 0.1) is 0 Å². The van der Waals surface area contributed by atoms with Crippen LogP contribution in [0.2, 0.25) is 0 Å². The molecule has 6 nitrogen and oxygen atoms in total. The summed E-state index contributed by atoms with van der Waals surface area (Å²) in [4.78, 5) is 37.4. The minimum absolute atomic E-state index is 0.0763. The zero-order valence-electron chi connectivity index (χ0n) is 33.9. The molecule has 0 fully saturated rings. The van der Waals surface area contributed by atoms with E-state index in [0.29, 0.717) is 19.3 Å². The van der Waals surface area contributed by atoms with Crippen LogP contribution in [0.25, 0.3) is 0 Å². The van der Waals surface area contributed by atoms with Gasteiger partial charge in [0.15, 0.2) is 6.10 Å². The molecule has 0 spiro atoms. The van der Waals surface area contributed by atoms with Gasteiger partial charge >= 0.3 is 17.9 Å². The SMILES string of the molecule is CCCCC/C=C\CCCCCCCC(=O)OC(COC(=O)CCCCCCCC)COC(=O)CCCCCCC/C=C\CCCCCCCC. The van der Waals surface area contributed by atoms with Crippen LogP contribution in [-0.4, -0.2) is 37.2 Å². The topological polar surface area (TPSA) is 78.9 Å². The summed E-state index contributed by atoms with van der Waals surface area (Å²) < 4.78 is 16.6. The molecule has 0 bridgehead atoms. The average molecular weight is 719 g/mol. The van der Waals surface area contributed by atoms with Crippen molar-refractivity contribution in [3.8, 4) is 0 Å². The summed E-state index contributed by atoms with van der Waals surface area (Å²) in [5.41, 5.74) is 0. The highest BCUT2D eigenvalue weighted by Crippen LogP contribution is 2.13. The van der Waals surface area contributed by atoms with Gasteiger partial charge in [-0.05, 0) is 70.6 Å². The van der Waals surface area contributed by atoms with Crippen LogP contribution >= 0.6 is 0 Å². The fraction of sp³-hybridized carbons (Fsp3) is 0.844. The second-order valence-electron chi connectivity index (χ2n) is 14.6. The lowest BCUT2D eigenvalue weighted by Crippen LogP contribution is -2.30. The van der Waals surface area contributed by atoms with Crippen LogP contribution in [0.15, 0.2) is 24.3 Å². The standard InChI is InChI=1S/C45H82O6/c1-4-7-10-13-16-18-20-22-23-24-26-27-29-32-35-38-44(47)50-41-42(40-49-43(46)37-34-31-15-12-9-6-3)51-45(48)39-36-33-30-28-25-21-19-17-14-11-8-5-2/h17,19,22-23,42H,4-16,18,20-21,24-41H2,1-3H3/b19-17-,23-22-. The van der Waals surface area contributed by atoms with E-state index in [4.69, 9.17) is 14.2 Å². The molecule has 0 aliphatic heterocycles. The van der Waals surface area contributed by atoms with Crippen molar-refractivity contribution < 1.29 is 28.6 Å². The summed E-state index contributed by atoms with van der Waals surface area (Å²) in [5, 5.41) is 0. The highest BCUT2D eigenvalue weighted by atomic mass is 16.6. The number of hydrogen-bond donors (Lipinski definition) is 0. The van der Waals surface area contributed by atoms with Gasteiger partial charge in [0, 0.05) is 19.3 Å². The molecule has 0 rings (SSSR count). The van der Waals surface area contributed by atoms with Gasteiger partial charge < -0.3 is 14.2 Å². The van der Waals surface area contributed by atoms with Crippen LogP contribution < -0.4 is 0 Å². The quantitative estimate of drug-likeness (QED) is 0.0272. The molecule has 0 aliphatic carbocycles. The van der Waals surface area contributed by atoms with Crippen LogP contribution in [0.3, 0.4) is 0 Å². The van der Waals surface area contributed by atoms with Crippen molar-refractivity contribution in [3.63, 3.8) is 0 Å². The number of ether oxygens (including phenoxy) is 3. The molecular weight excluding hydrogens is 636 g/mol. The Kier molecular flexibility index (Phi) is 39.0. The number of unbranched alkanes of at least 4 members (excludes halogenated alkanes) is 24.